The fraction of sp³-hybridized carbons (Fsp3) is 0.118. The highest BCUT2D eigenvalue weighted by atomic mass is 79.9. The summed E-state index contributed by atoms with van der Waals surface area (Å²) in [6, 6.07) is 16.0. The molecule has 3 aromatic rings. The molecule has 1 aromatic heterocycles. The summed E-state index contributed by atoms with van der Waals surface area (Å²) < 4.78 is 8.37. The smallest absolute Gasteiger partial charge is 0.141 e. The highest BCUT2D eigenvalue weighted by molar-refractivity contribution is 9.11. The normalized spacial score (nSPS) is 10.8. The standard InChI is InChI=1S/C17H15BrN2O/c1-12(18)11-20-16-9-4-3-8-15(16)19-17(20)13-6-5-7-14(10-13)21-2/h3-10H,1,11H2,2H3. The first-order valence-corrected chi connectivity index (χ1v) is 7.41. The van der Waals surface area contributed by atoms with Gasteiger partial charge >= 0.3 is 0 Å². The third-order valence-electron chi connectivity index (χ3n) is 3.31. The molecule has 106 valence electrons. The minimum atomic E-state index is 0.674. The Kier molecular flexibility index (Phi) is 3.80. The second-order valence-electron chi connectivity index (χ2n) is 4.76. The van der Waals surface area contributed by atoms with Gasteiger partial charge in [0.25, 0.3) is 0 Å². The summed E-state index contributed by atoms with van der Waals surface area (Å²) >= 11 is 3.45. The lowest BCUT2D eigenvalue weighted by Crippen LogP contribution is -2.00. The second-order valence-corrected chi connectivity index (χ2v) is 5.88. The average Bonchev–Trinajstić information content (AvgIpc) is 2.86. The SMILES string of the molecule is C=C(Br)Cn1c(-c2cccc(OC)c2)nc2ccccc21. The maximum Gasteiger partial charge on any atom is 0.141 e. The quantitative estimate of drug-likeness (QED) is 0.691. The summed E-state index contributed by atoms with van der Waals surface area (Å²) in [6.07, 6.45) is 0. The Labute approximate surface area is 132 Å². The van der Waals surface area contributed by atoms with Crippen molar-refractivity contribution in [2.45, 2.75) is 6.54 Å². The molecule has 0 saturated heterocycles. The summed E-state index contributed by atoms with van der Waals surface area (Å²) in [5.74, 6) is 1.74. The highest BCUT2D eigenvalue weighted by Gasteiger charge is 2.13. The van der Waals surface area contributed by atoms with E-state index >= 15 is 0 Å². The number of para-hydroxylation sites is 2. The van der Waals surface area contributed by atoms with Crippen molar-refractivity contribution in [3.05, 3.63) is 59.6 Å². The molecule has 0 unspecified atom stereocenters. The van der Waals surface area contributed by atoms with Crippen LogP contribution >= 0.6 is 15.9 Å². The number of aromatic nitrogens is 2. The van der Waals surface area contributed by atoms with Gasteiger partial charge in [-0.05, 0) is 24.3 Å². The van der Waals surface area contributed by atoms with Gasteiger partial charge in [-0.1, -0.05) is 46.8 Å². The number of hydrogen-bond donors (Lipinski definition) is 0. The zero-order chi connectivity index (χ0) is 14.8. The number of allylic oxidation sites excluding steroid dienone is 1. The van der Waals surface area contributed by atoms with Crippen molar-refractivity contribution in [1.29, 1.82) is 0 Å². The molecule has 0 radical (unpaired) electrons. The van der Waals surface area contributed by atoms with Gasteiger partial charge in [0.1, 0.15) is 11.6 Å². The Bertz CT molecular complexity index is 807. The minimum Gasteiger partial charge on any atom is -0.497 e. The van der Waals surface area contributed by atoms with E-state index in [-0.39, 0.29) is 0 Å². The van der Waals surface area contributed by atoms with Crippen LogP contribution in [0.5, 0.6) is 5.75 Å². The molecule has 0 aliphatic heterocycles. The summed E-state index contributed by atoms with van der Waals surface area (Å²) in [7, 11) is 1.67. The number of benzene rings is 2. The van der Waals surface area contributed by atoms with Crippen molar-refractivity contribution in [2.24, 2.45) is 0 Å². The first kappa shape index (κ1) is 13.9. The van der Waals surface area contributed by atoms with E-state index in [9.17, 15) is 0 Å². The fourth-order valence-electron chi connectivity index (χ4n) is 2.39. The molecule has 21 heavy (non-hydrogen) atoms. The van der Waals surface area contributed by atoms with Gasteiger partial charge in [0.15, 0.2) is 0 Å². The minimum absolute atomic E-state index is 0.674. The molecule has 4 heteroatoms. The van der Waals surface area contributed by atoms with Crippen LogP contribution in [-0.2, 0) is 6.54 Å². The number of imidazole rings is 1. The Morgan fingerprint density at radius 1 is 1.24 bits per heavy atom. The molecule has 0 spiro atoms. The van der Waals surface area contributed by atoms with Crippen LogP contribution in [0.1, 0.15) is 0 Å². The van der Waals surface area contributed by atoms with Crippen LogP contribution in [0.3, 0.4) is 0 Å². The zero-order valence-corrected chi connectivity index (χ0v) is 13.3. The lowest BCUT2D eigenvalue weighted by Gasteiger charge is -2.09. The van der Waals surface area contributed by atoms with Gasteiger partial charge in [0.2, 0.25) is 0 Å². The van der Waals surface area contributed by atoms with Crippen LogP contribution in [0.15, 0.2) is 59.6 Å². The first-order valence-electron chi connectivity index (χ1n) is 6.62. The van der Waals surface area contributed by atoms with Gasteiger partial charge in [0.05, 0.1) is 24.7 Å². The van der Waals surface area contributed by atoms with Crippen LogP contribution in [-0.4, -0.2) is 16.7 Å². The molecule has 0 aliphatic carbocycles. The zero-order valence-electron chi connectivity index (χ0n) is 11.7. The topological polar surface area (TPSA) is 27.1 Å². The van der Waals surface area contributed by atoms with E-state index in [2.05, 4.69) is 33.1 Å². The largest absolute Gasteiger partial charge is 0.497 e. The van der Waals surface area contributed by atoms with E-state index in [0.717, 1.165) is 32.7 Å². The summed E-state index contributed by atoms with van der Waals surface area (Å²) in [6.45, 7) is 4.62. The van der Waals surface area contributed by atoms with Crippen LogP contribution in [0.25, 0.3) is 22.4 Å². The number of halogens is 1. The lowest BCUT2D eigenvalue weighted by atomic mass is 10.2. The van der Waals surface area contributed by atoms with Crippen LogP contribution in [0.4, 0.5) is 0 Å². The van der Waals surface area contributed by atoms with Crippen LogP contribution in [0.2, 0.25) is 0 Å². The maximum atomic E-state index is 5.31. The first-order chi connectivity index (χ1) is 10.2. The van der Waals surface area contributed by atoms with Crippen LogP contribution < -0.4 is 4.74 Å². The third kappa shape index (κ3) is 2.72. The molecular weight excluding hydrogens is 328 g/mol. The molecule has 0 saturated carbocycles. The van der Waals surface area contributed by atoms with Gasteiger partial charge < -0.3 is 9.30 Å². The van der Waals surface area contributed by atoms with E-state index in [0.29, 0.717) is 6.54 Å². The summed E-state index contributed by atoms with van der Waals surface area (Å²) in [5, 5.41) is 0. The number of ether oxygens (including phenoxy) is 1. The van der Waals surface area contributed by atoms with Gasteiger partial charge in [-0.25, -0.2) is 4.98 Å². The molecule has 0 fully saturated rings. The molecule has 1 heterocycles. The molecule has 3 rings (SSSR count). The molecule has 0 atom stereocenters. The van der Waals surface area contributed by atoms with E-state index in [1.54, 1.807) is 7.11 Å². The van der Waals surface area contributed by atoms with E-state index < -0.39 is 0 Å². The number of hydrogen-bond acceptors (Lipinski definition) is 2. The van der Waals surface area contributed by atoms with Gasteiger partial charge in [-0.2, -0.15) is 0 Å². The lowest BCUT2D eigenvalue weighted by molar-refractivity contribution is 0.415. The van der Waals surface area contributed by atoms with Crippen molar-refractivity contribution in [1.82, 2.24) is 9.55 Å². The van der Waals surface area contributed by atoms with Crippen molar-refractivity contribution >= 4 is 27.0 Å². The predicted molar refractivity (Wildman–Crippen MR) is 89.8 cm³/mol. The van der Waals surface area contributed by atoms with Crippen molar-refractivity contribution < 1.29 is 4.74 Å². The molecule has 0 bridgehead atoms. The Morgan fingerprint density at radius 3 is 2.81 bits per heavy atom. The van der Waals surface area contributed by atoms with Gasteiger partial charge in [0, 0.05) is 10.0 Å². The number of methoxy groups -OCH3 is 1. The maximum absolute atomic E-state index is 5.31. The molecule has 0 amide bonds. The highest BCUT2D eigenvalue weighted by Crippen LogP contribution is 2.28. The van der Waals surface area contributed by atoms with Gasteiger partial charge in [-0.3, -0.25) is 0 Å². The van der Waals surface area contributed by atoms with Crippen molar-refractivity contribution in [3.8, 4) is 17.1 Å². The monoisotopic (exact) mass is 342 g/mol. The van der Waals surface area contributed by atoms with E-state index in [4.69, 9.17) is 9.72 Å². The summed E-state index contributed by atoms with van der Waals surface area (Å²) in [4.78, 5) is 4.76. The third-order valence-corrected chi connectivity index (χ3v) is 3.56. The molecule has 3 nitrogen and oxygen atoms in total. The second kappa shape index (κ2) is 5.74. The van der Waals surface area contributed by atoms with E-state index in [1.165, 1.54) is 0 Å². The molecule has 0 aliphatic rings. The predicted octanol–water partition coefficient (Wildman–Crippen LogP) is 4.62. The molecule has 2 aromatic carbocycles. The molecular formula is C17H15BrN2O. The number of rotatable bonds is 4. The van der Waals surface area contributed by atoms with Crippen LogP contribution in [0, 0.1) is 0 Å². The summed E-state index contributed by atoms with van der Waals surface area (Å²) in [5.41, 5.74) is 3.10. The number of nitrogens with zero attached hydrogens (tertiary/aromatic N) is 2. The molecule has 0 N–H and O–H groups in total. The van der Waals surface area contributed by atoms with E-state index in [1.807, 2.05) is 42.5 Å². The average molecular weight is 343 g/mol. The fourth-order valence-corrected chi connectivity index (χ4v) is 2.64. The Hall–Kier alpha value is -2.07. The van der Waals surface area contributed by atoms with Crippen molar-refractivity contribution in [3.63, 3.8) is 0 Å². The number of fused-ring (bicyclic) bond motifs is 1. The Morgan fingerprint density at radius 2 is 2.05 bits per heavy atom. The Balaban J connectivity index is 2.22. The van der Waals surface area contributed by atoms with Crippen molar-refractivity contribution in [2.75, 3.05) is 7.11 Å². The van der Waals surface area contributed by atoms with Gasteiger partial charge in [-0.15, -0.1) is 0 Å².